The summed E-state index contributed by atoms with van der Waals surface area (Å²) in [6, 6.07) is 6.72. The first kappa shape index (κ1) is 25.7. The molecule has 0 atom stereocenters. The van der Waals surface area contributed by atoms with E-state index in [-0.39, 0.29) is 75.4 Å². The number of carbonyl (C=O) groups is 2. The molecule has 2 heterocycles. The molecule has 0 saturated carbocycles. The standard InChI is InChI=1S/C15H13N2O7PS.2Na/c1-23-15(19)11-7-26-14(16-11)13(18)10-6-17(8-24-25(20,21)22)12-5-3-2-4-9(10)12;;/h2-7H,8H2,1H3,(H2,20,21,22);;/q;2*+1/p-2. The molecule has 0 spiro atoms. The van der Waals surface area contributed by atoms with Gasteiger partial charge in [-0.3, -0.25) is 4.79 Å². The number of methoxy groups -OCH3 is 1. The molecule has 13 heteroatoms. The Kier molecular flexibility index (Phi) is 9.72. The first-order chi connectivity index (χ1) is 12.3. The second-order valence-electron chi connectivity index (χ2n) is 5.09. The summed E-state index contributed by atoms with van der Waals surface area (Å²) >= 11 is 0.985. The molecule has 0 bridgehead atoms. The van der Waals surface area contributed by atoms with Crippen molar-refractivity contribution in [3.8, 4) is 0 Å². The van der Waals surface area contributed by atoms with Crippen LogP contribution in [0.2, 0.25) is 0 Å². The number of nitrogens with zero attached hydrogens (tertiary/aromatic N) is 2. The number of phosphoric ester groups is 1. The number of thiazole rings is 1. The van der Waals surface area contributed by atoms with E-state index in [1.807, 2.05) is 0 Å². The van der Waals surface area contributed by atoms with Gasteiger partial charge in [0.2, 0.25) is 5.78 Å². The summed E-state index contributed by atoms with van der Waals surface area (Å²) in [4.78, 5) is 49.6. The van der Waals surface area contributed by atoms with Gasteiger partial charge < -0.3 is 28.2 Å². The van der Waals surface area contributed by atoms with Gasteiger partial charge in [-0.15, -0.1) is 11.3 Å². The minimum absolute atomic E-state index is 0. The van der Waals surface area contributed by atoms with E-state index < -0.39 is 26.3 Å². The molecule has 0 aliphatic heterocycles. The number of phosphoric acid groups is 1. The van der Waals surface area contributed by atoms with Crippen molar-refractivity contribution in [1.82, 2.24) is 9.55 Å². The molecule has 0 N–H and O–H groups in total. The fraction of sp³-hybridized carbons (Fsp3) is 0.133. The zero-order chi connectivity index (χ0) is 18.9. The van der Waals surface area contributed by atoms with Gasteiger partial charge in [0.15, 0.2) is 10.7 Å². The van der Waals surface area contributed by atoms with Crippen LogP contribution in [0.5, 0.6) is 0 Å². The zero-order valence-electron chi connectivity index (χ0n) is 15.3. The van der Waals surface area contributed by atoms with Crippen LogP contribution in [0, 0.1) is 0 Å². The van der Waals surface area contributed by atoms with Crippen molar-refractivity contribution in [3.63, 3.8) is 0 Å². The number of fused-ring (bicyclic) bond motifs is 1. The van der Waals surface area contributed by atoms with E-state index >= 15 is 0 Å². The number of rotatable bonds is 6. The summed E-state index contributed by atoms with van der Waals surface area (Å²) in [6.07, 6.45) is 1.38. The summed E-state index contributed by atoms with van der Waals surface area (Å²) in [5, 5.41) is 2.02. The van der Waals surface area contributed by atoms with Crippen LogP contribution in [-0.4, -0.2) is 28.4 Å². The van der Waals surface area contributed by atoms with Crippen LogP contribution in [0.1, 0.15) is 25.9 Å². The molecule has 0 fully saturated rings. The smallest absolute Gasteiger partial charge is 0.790 e. The Balaban J connectivity index is 0.00000196. The zero-order valence-corrected chi connectivity index (χ0v) is 21.0. The first-order valence-corrected chi connectivity index (χ1v) is 9.47. The molecule has 2 aromatic heterocycles. The number of aromatic nitrogens is 2. The van der Waals surface area contributed by atoms with E-state index in [4.69, 9.17) is 0 Å². The van der Waals surface area contributed by atoms with Gasteiger partial charge >= 0.3 is 65.1 Å². The summed E-state index contributed by atoms with van der Waals surface area (Å²) in [7, 11) is -3.95. The van der Waals surface area contributed by atoms with Gasteiger partial charge in [-0.1, -0.05) is 18.2 Å². The second kappa shape index (κ2) is 10.6. The van der Waals surface area contributed by atoms with E-state index in [1.165, 1.54) is 23.3 Å². The molecule has 0 aliphatic carbocycles. The van der Waals surface area contributed by atoms with Crippen molar-refractivity contribution < 1.29 is 92.3 Å². The van der Waals surface area contributed by atoms with E-state index in [1.54, 1.807) is 24.3 Å². The number of hydrogen-bond acceptors (Lipinski definition) is 9. The van der Waals surface area contributed by atoms with Gasteiger partial charge in [0, 0.05) is 17.0 Å². The van der Waals surface area contributed by atoms with Crippen molar-refractivity contribution in [2.75, 3.05) is 7.11 Å². The number of para-hydroxylation sites is 1. The normalized spacial score (nSPS) is 10.8. The average Bonchev–Trinajstić information content (AvgIpc) is 3.23. The first-order valence-electron chi connectivity index (χ1n) is 7.13. The molecule has 0 saturated heterocycles. The van der Waals surface area contributed by atoms with Crippen molar-refractivity contribution in [1.29, 1.82) is 0 Å². The fourth-order valence-electron chi connectivity index (χ4n) is 2.36. The minimum Gasteiger partial charge on any atom is -0.790 e. The Morgan fingerprint density at radius 1 is 1.25 bits per heavy atom. The summed E-state index contributed by atoms with van der Waals surface area (Å²) in [6.45, 7) is -0.552. The third-order valence-electron chi connectivity index (χ3n) is 3.48. The molecule has 0 unspecified atom stereocenters. The Labute approximate surface area is 207 Å². The van der Waals surface area contributed by atoms with Crippen LogP contribution in [0.15, 0.2) is 35.8 Å². The molecule has 0 amide bonds. The van der Waals surface area contributed by atoms with Gasteiger partial charge in [0.25, 0.3) is 0 Å². The summed E-state index contributed by atoms with van der Waals surface area (Å²) in [5.74, 6) is -1.11. The van der Waals surface area contributed by atoms with Crippen LogP contribution in [-0.2, 0) is 20.6 Å². The van der Waals surface area contributed by atoms with Crippen molar-refractivity contribution >= 4 is 41.8 Å². The predicted molar refractivity (Wildman–Crippen MR) is 87.5 cm³/mol. The van der Waals surface area contributed by atoms with Crippen molar-refractivity contribution in [2.24, 2.45) is 0 Å². The van der Waals surface area contributed by atoms with Crippen LogP contribution >= 0.6 is 19.2 Å². The SMILES string of the molecule is COC(=O)c1csc(C(=O)c2cn(COP(=O)([O-])[O-])c3ccccc23)n1.[Na+].[Na+]. The fourth-order valence-corrected chi connectivity index (χ4v) is 3.37. The number of esters is 1. The quantitative estimate of drug-likeness (QED) is 0.161. The third kappa shape index (κ3) is 5.84. The number of benzene rings is 1. The Morgan fingerprint density at radius 2 is 1.93 bits per heavy atom. The van der Waals surface area contributed by atoms with Crippen LogP contribution in [0.3, 0.4) is 0 Å². The van der Waals surface area contributed by atoms with Crippen molar-refractivity contribution in [3.05, 3.63) is 52.1 Å². The molecule has 136 valence electrons. The van der Waals surface area contributed by atoms with Crippen LogP contribution in [0.25, 0.3) is 10.9 Å². The molecule has 9 nitrogen and oxygen atoms in total. The molecule has 3 aromatic rings. The number of ether oxygens (including phenoxy) is 1. The maximum Gasteiger partial charge on any atom is 1.00 e. The topological polar surface area (TPSA) is 134 Å². The molecule has 1 aromatic carbocycles. The molecular formula is C15H11N2Na2O7PS. The van der Waals surface area contributed by atoms with Crippen LogP contribution in [0.4, 0.5) is 0 Å². The van der Waals surface area contributed by atoms with Gasteiger partial charge in [-0.2, -0.15) is 0 Å². The molecular weight excluding hydrogens is 429 g/mol. The Morgan fingerprint density at radius 3 is 2.57 bits per heavy atom. The summed E-state index contributed by atoms with van der Waals surface area (Å²) < 4.78 is 20.9. The van der Waals surface area contributed by atoms with E-state index in [0.717, 1.165) is 11.3 Å². The van der Waals surface area contributed by atoms with Crippen LogP contribution < -0.4 is 68.9 Å². The van der Waals surface area contributed by atoms with Gasteiger partial charge in [-0.05, 0) is 6.07 Å². The third-order valence-corrected chi connectivity index (χ3v) is 4.75. The van der Waals surface area contributed by atoms with E-state index in [9.17, 15) is 23.9 Å². The second-order valence-corrected chi connectivity index (χ2v) is 7.10. The molecule has 0 radical (unpaired) electrons. The summed E-state index contributed by atoms with van der Waals surface area (Å²) in [5.41, 5.74) is 0.766. The van der Waals surface area contributed by atoms with E-state index in [0.29, 0.717) is 10.9 Å². The largest absolute Gasteiger partial charge is 1.00 e. The molecule has 0 aliphatic rings. The maximum absolute atomic E-state index is 12.8. The number of ketones is 1. The Hall–Kier alpha value is -0.360. The monoisotopic (exact) mass is 440 g/mol. The number of carbonyl (C=O) groups excluding carboxylic acids is 2. The predicted octanol–water partition coefficient (Wildman–Crippen LogP) is -5.07. The van der Waals surface area contributed by atoms with Gasteiger partial charge in [0.05, 0.1) is 26.0 Å². The average molecular weight is 440 g/mol. The van der Waals surface area contributed by atoms with Crippen molar-refractivity contribution in [2.45, 2.75) is 6.73 Å². The van der Waals surface area contributed by atoms with E-state index in [2.05, 4.69) is 14.2 Å². The minimum atomic E-state index is -5.16. The number of hydrogen-bond donors (Lipinski definition) is 0. The maximum atomic E-state index is 12.8. The van der Waals surface area contributed by atoms with Gasteiger partial charge in [0.1, 0.15) is 6.73 Å². The van der Waals surface area contributed by atoms with Gasteiger partial charge in [-0.25, -0.2) is 9.78 Å². The Bertz CT molecular complexity index is 1050. The molecule has 28 heavy (non-hydrogen) atoms. The molecule has 3 rings (SSSR count).